The predicted octanol–water partition coefficient (Wildman–Crippen LogP) is 4.39. The van der Waals surface area contributed by atoms with Crippen LogP contribution in [0.5, 0.6) is 0 Å². The number of hydrogen-bond acceptors (Lipinski definition) is 2. The van der Waals surface area contributed by atoms with Crippen molar-refractivity contribution in [2.75, 3.05) is 0 Å². The molecule has 0 fully saturated rings. The van der Waals surface area contributed by atoms with Crippen LogP contribution >= 0.6 is 15.9 Å². The first-order chi connectivity index (χ1) is 9.78. The van der Waals surface area contributed by atoms with Crippen LogP contribution in [0.2, 0.25) is 0 Å². The van der Waals surface area contributed by atoms with Crippen LogP contribution in [-0.4, -0.2) is 9.97 Å². The molecule has 96 valence electrons. The number of aromatic amines is 1. The van der Waals surface area contributed by atoms with Crippen LogP contribution in [0.25, 0.3) is 22.6 Å². The molecule has 0 aliphatic rings. The van der Waals surface area contributed by atoms with E-state index in [0.717, 1.165) is 26.5 Å². The molecule has 20 heavy (non-hydrogen) atoms. The first kappa shape index (κ1) is 12.6. The number of rotatable bonds is 2. The van der Waals surface area contributed by atoms with E-state index in [1.54, 1.807) is 12.4 Å². The van der Waals surface area contributed by atoms with Gasteiger partial charge in [-0.25, -0.2) is 0 Å². The molecule has 0 amide bonds. The van der Waals surface area contributed by atoms with Gasteiger partial charge in [0.15, 0.2) is 0 Å². The van der Waals surface area contributed by atoms with Gasteiger partial charge in [0.05, 0.1) is 11.6 Å². The van der Waals surface area contributed by atoms with Gasteiger partial charge in [0, 0.05) is 39.5 Å². The van der Waals surface area contributed by atoms with Gasteiger partial charge in [-0.3, -0.25) is 4.98 Å². The van der Waals surface area contributed by atoms with E-state index in [1.165, 1.54) is 0 Å². The highest BCUT2D eigenvalue weighted by molar-refractivity contribution is 9.10. The van der Waals surface area contributed by atoms with Crippen LogP contribution in [0.3, 0.4) is 0 Å². The van der Waals surface area contributed by atoms with E-state index in [4.69, 9.17) is 0 Å². The Morgan fingerprint density at radius 1 is 1.35 bits per heavy atom. The molecule has 4 heteroatoms. The van der Waals surface area contributed by atoms with E-state index in [2.05, 4.69) is 32.0 Å². The van der Waals surface area contributed by atoms with Crippen molar-refractivity contribution in [2.24, 2.45) is 0 Å². The third-order valence-electron chi connectivity index (χ3n) is 3.05. The van der Waals surface area contributed by atoms with Crippen molar-refractivity contribution in [3.63, 3.8) is 0 Å². The van der Waals surface area contributed by atoms with Crippen LogP contribution in [0.15, 0.2) is 53.4 Å². The maximum absolute atomic E-state index is 9.42. The number of pyridine rings is 1. The molecule has 1 N–H and O–H groups in total. The minimum absolute atomic E-state index is 0.613. The topological polar surface area (TPSA) is 52.5 Å². The van der Waals surface area contributed by atoms with E-state index in [0.29, 0.717) is 5.57 Å². The van der Waals surface area contributed by atoms with Crippen molar-refractivity contribution >= 4 is 38.5 Å². The van der Waals surface area contributed by atoms with E-state index >= 15 is 0 Å². The zero-order valence-electron chi connectivity index (χ0n) is 10.5. The lowest BCUT2D eigenvalue weighted by molar-refractivity contribution is 1.32. The fraction of sp³-hybridized carbons (Fsp3) is 0. The number of benzene rings is 1. The fourth-order valence-electron chi connectivity index (χ4n) is 2.11. The summed E-state index contributed by atoms with van der Waals surface area (Å²) in [4.78, 5) is 7.25. The molecular formula is C16H10BrN3. The van der Waals surface area contributed by atoms with Crippen molar-refractivity contribution in [2.45, 2.75) is 0 Å². The molecule has 3 nitrogen and oxygen atoms in total. The lowest BCUT2D eigenvalue weighted by Crippen LogP contribution is -1.81. The molecule has 0 unspecified atom stereocenters. The molecule has 0 radical (unpaired) electrons. The Labute approximate surface area is 124 Å². The second kappa shape index (κ2) is 5.32. The minimum Gasteiger partial charge on any atom is -0.361 e. The number of fused-ring (bicyclic) bond motifs is 1. The largest absolute Gasteiger partial charge is 0.361 e. The number of halogens is 1. The van der Waals surface area contributed by atoms with Crippen molar-refractivity contribution < 1.29 is 0 Å². The van der Waals surface area contributed by atoms with Crippen LogP contribution in [-0.2, 0) is 0 Å². The average molecular weight is 324 g/mol. The number of H-pyrrole nitrogens is 1. The normalized spacial score (nSPS) is 11.5. The van der Waals surface area contributed by atoms with Crippen molar-refractivity contribution in [3.05, 3.63) is 64.5 Å². The molecule has 1 aromatic carbocycles. The summed E-state index contributed by atoms with van der Waals surface area (Å²) in [6.45, 7) is 0. The third-order valence-corrected chi connectivity index (χ3v) is 3.54. The number of nitriles is 1. The van der Waals surface area contributed by atoms with Gasteiger partial charge in [-0.1, -0.05) is 22.0 Å². The van der Waals surface area contributed by atoms with Gasteiger partial charge in [-0.15, -0.1) is 0 Å². The number of hydrogen-bond donors (Lipinski definition) is 1. The maximum Gasteiger partial charge on any atom is 0.0998 e. The summed E-state index contributed by atoms with van der Waals surface area (Å²) in [7, 11) is 0. The van der Waals surface area contributed by atoms with Crippen molar-refractivity contribution in [3.8, 4) is 6.07 Å². The first-order valence-electron chi connectivity index (χ1n) is 6.07. The second-order valence-corrected chi connectivity index (χ2v) is 5.26. The molecule has 0 bridgehead atoms. The van der Waals surface area contributed by atoms with E-state index in [-0.39, 0.29) is 0 Å². The van der Waals surface area contributed by atoms with E-state index < -0.39 is 0 Å². The summed E-state index contributed by atoms with van der Waals surface area (Å²) in [5.41, 5.74) is 3.43. The summed E-state index contributed by atoms with van der Waals surface area (Å²) < 4.78 is 0.990. The molecular weight excluding hydrogens is 314 g/mol. The van der Waals surface area contributed by atoms with E-state index in [9.17, 15) is 5.26 Å². The Balaban J connectivity index is 2.16. The Bertz CT molecular complexity index is 826. The number of aromatic nitrogens is 2. The summed E-state index contributed by atoms with van der Waals surface area (Å²) in [6.07, 6.45) is 7.16. The Morgan fingerprint density at radius 2 is 2.25 bits per heavy atom. The molecule has 2 aromatic heterocycles. The Kier molecular flexibility index (Phi) is 3.36. The predicted molar refractivity (Wildman–Crippen MR) is 83.7 cm³/mol. The number of nitrogens with zero attached hydrogens (tertiary/aromatic N) is 2. The van der Waals surface area contributed by atoms with Gasteiger partial charge in [0.25, 0.3) is 0 Å². The number of nitrogens with one attached hydrogen (secondary N) is 1. The zero-order valence-corrected chi connectivity index (χ0v) is 12.1. The zero-order chi connectivity index (χ0) is 13.9. The smallest absolute Gasteiger partial charge is 0.0998 e. The maximum atomic E-state index is 9.42. The Morgan fingerprint density at radius 3 is 3.00 bits per heavy atom. The summed E-state index contributed by atoms with van der Waals surface area (Å²) in [6, 6.07) is 12.0. The first-order valence-corrected chi connectivity index (χ1v) is 6.86. The van der Waals surface area contributed by atoms with Crippen LogP contribution in [0.4, 0.5) is 0 Å². The second-order valence-electron chi connectivity index (χ2n) is 4.35. The molecule has 0 saturated heterocycles. The van der Waals surface area contributed by atoms with Crippen molar-refractivity contribution in [1.82, 2.24) is 9.97 Å². The lowest BCUT2D eigenvalue weighted by atomic mass is 10.0. The third kappa shape index (κ3) is 2.36. The molecule has 0 aliphatic carbocycles. The summed E-state index contributed by atoms with van der Waals surface area (Å²) in [5.74, 6) is 0. The molecule has 0 atom stereocenters. The molecule has 3 aromatic rings. The summed E-state index contributed by atoms with van der Waals surface area (Å²) >= 11 is 3.46. The average Bonchev–Trinajstić information content (AvgIpc) is 2.89. The van der Waals surface area contributed by atoms with Gasteiger partial charge in [-0.05, 0) is 35.9 Å². The SMILES string of the molecule is N#CC(=Cc1cccnc1)c1c[nH]c2ccc(Br)cc12. The molecule has 2 heterocycles. The van der Waals surface area contributed by atoms with Crippen LogP contribution in [0, 0.1) is 11.3 Å². The highest BCUT2D eigenvalue weighted by atomic mass is 79.9. The molecule has 3 rings (SSSR count). The van der Waals surface area contributed by atoms with Crippen LogP contribution < -0.4 is 0 Å². The summed E-state index contributed by atoms with van der Waals surface area (Å²) in [5, 5.41) is 10.4. The van der Waals surface area contributed by atoms with E-state index in [1.807, 2.05) is 42.6 Å². The monoisotopic (exact) mass is 323 g/mol. The van der Waals surface area contributed by atoms with Crippen molar-refractivity contribution in [1.29, 1.82) is 5.26 Å². The van der Waals surface area contributed by atoms with Gasteiger partial charge in [0.1, 0.15) is 0 Å². The van der Waals surface area contributed by atoms with Crippen LogP contribution in [0.1, 0.15) is 11.1 Å². The highest BCUT2D eigenvalue weighted by Gasteiger charge is 2.09. The molecule has 0 saturated carbocycles. The quantitative estimate of drug-likeness (QED) is 0.711. The Hall–Kier alpha value is -2.38. The number of allylic oxidation sites excluding steroid dienone is 1. The lowest BCUT2D eigenvalue weighted by Gasteiger charge is -1.99. The fourth-order valence-corrected chi connectivity index (χ4v) is 2.48. The van der Waals surface area contributed by atoms with Gasteiger partial charge < -0.3 is 4.98 Å². The standard InChI is InChI=1S/C16H10BrN3/c17-13-3-4-16-14(7-13)15(10-20-16)12(8-18)6-11-2-1-5-19-9-11/h1-7,9-10,20H. The highest BCUT2D eigenvalue weighted by Crippen LogP contribution is 2.28. The van der Waals surface area contributed by atoms with Gasteiger partial charge >= 0.3 is 0 Å². The minimum atomic E-state index is 0.613. The van der Waals surface area contributed by atoms with Gasteiger partial charge in [0.2, 0.25) is 0 Å². The molecule has 0 aliphatic heterocycles. The molecule has 0 spiro atoms. The van der Waals surface area contributed by atoms with Gasteiger partial charge in [-0.2, -0.15) is 5.26 Å².